The second-order valence-corrected chi connectivity index (χ2v) is 6.64. The molecule has 2 heterocycles. The van der Waals surface area contributed by atoms with Gasteiger partial charge in [-0.25, -0.2) is 4.99 Å². The van der Waals surface area contributed by atoms with Crippen molar-refractivity contribution in [3.63, 3.8) is 0 Å². The van der Waals surface area contributed by atoms with Crippen LogP contribution in [-0.2, 0) is 9.47 Å². The largest absolute Gasteiger partial charge is 0.494 e. The van der Waals surface area contributed by atoms with E-state index in [1.54, 1.807) is 0 Å². The van der Waals surface area contributed by atoms with Gasteiger partial charge in [-0.05, 0) is 19.9 Å². The monoisotopic (exact) mass is 339 g/mol. The molecular formula is C18H19N4O3+. The summed E-state index contributed by atoms with van der Waals surface area (Å²) < 4.78 is 17.5. The number of amidine groups is 1. The summed E-state index contributed by atoms with van der Waals surface area (Å²) in [5.74, 6) is -1.06. The number of benzene rings is 1. The van der Waals surface area contributed by atoms with Crippen molar-refractivity contribution in [3.05, 3.63) is 29.8 Å². The van der Waals surface area contributed by atoms with Gasteiger partial charge in [-0.2, -0.15) is 10.5 Å². The van der Waals surface area contributed by atoms with Crippen molar-refractivity contribution >= 4 is 5.84 Å². The number of fused-ring (bicyclic) bond motifs is 2. The fraction of sp³-hybridized carbons (Fsp3) is 0.500. The predicted molar refractivity (Wildman–Crippen MR) is 85.8 cm³/mol. The van der Waals surface area contributed by atoms with Crippen LogP contribution in [0.15, 0.2) is 24.3 Å². The number of nitriles is 2. The van der Waals surface area contributed by atoms with Crippen molar-refractivity contribution in [2.45, 2.75) is 31.8 Å². The van der Waals surface area contributed by atoms with E-state index in [0.717, 1.165) is 5.56 Å². The maximum Gasteiger partial charge on any atom is 0.343 e. The van der Waals surface area contributed by atoms with Crippen LogP contribution >= 0.6 is 0 Å². The molecule has 1 saturated heterocycles. The van der Waals surface area contributed by atoms with Gasteiger partial charge in [0.25, 0.3) is 5.84 Å². The molecule has 7 heteroatoms. The molecule has 2 fully saturated rings. The predicted octanol–water partition coefficient (Wildman–Crippen LogP) is -0.257. The third-order valence-corrected chi connectivity index (χ3v) is 5.42. The Morgan fingerprint density at radius 2 is 2.12 bits per heavy atom. The second-order valence-electron chi connectivity index (χ2n) is 6.64. The molecule has 0 radical (unpaired) electrons. The lowest BCUT2D eigenvalue weighted by Gasteiger charge is -2.24. The molecule has 4 rings (SSSR count). The molecule has 2 aliphatic heterocycles. The third kappa shape index (κ3) is 1.58. The van der Waals surface area contributed by atoms with Crippen LogP contribution in [0.3, 0.4) is 0 Å². The van der Waals surface area contributed by atoms with E-state index in [1.807, 2.05) is 38.1 Å². The Morgan fingerprint density at radius 3 is 2.72 bits per heavy atom. The van der Waals surface area contributed by atoms with Crippen molar-refractivity contribution in [3.8, 4) is 17.9 Å². The van der Waals surface area contributed by atoms with Crippen molar-refractivity contribution in [1.29, 1.82) is 10.5 Å². The molecule has 7 nitrogen and oxygen atoms in total. The van der Waals surface area contributed by atoms with Gasteiger partial charge in [0.2, 0.25) is 0 Å². The van der Waals surface area contributed by atoms with Gasteiger partial charge >= 0.3 is 5.91 Å². The average molecular weight is 339 g/mol. The van der Waals surface area contributed by atoms with Crippen LogP contribution in [0.2, 0.25) is 0 Å². The number of nitrogens with two attached hydrogens (primary N) is 1. The molecule has 0 bridgehead atoms. The van der Waals surface area contributed by atoms with Crippen LogP contribution in [0.1, 0.15) is 25.3 Å². The molecule has 1 spiro atoms. The molecule has 1 aromatic carbocycles. The zero-order valence-corrected chi connectivity index (χ0v) is 14.1. The topological polar surface area (TPSA) is 115 Å². The minimum Gasteiger partial charge on any atom is -0.494 e. The van der Waals surface area contributed by atoms with Gasteiger partial charge in [0.05, 0.1) is 37.4 Å². The van der Waals surface area contributed by atoms with Gasteiger partial charge < -0.3 is 14.2 Å². The Kier molecular flexibility index (Phi) is 3.15. The summed E-state index contributed by atoms with van der Waals surface area (Å²) in [6, 6.07) is 12.0. The molecular weight excluding hydrogens is 320 g/mol. The molecule has 0 unspecified atom stereocenters. The van der Waals surface area contributed by atoms with Crippen LogP contribution in [0, 0.1) is 33.5 Å². The van der Waals surface area contributed by atoms with Gasteiger partial charge in [0.15, 0.2) is 10.8 Å². The lowest BCUT2D eigenvalue weighted by Crippen LogP contribution is -2.90. The first-order valence-corrected chi connectivity index (χ1v) is 8.30. The highest BCUT2D eigenvalue weighted by atomic mass is 16.8. The summed E-state index contributed by atoms with van der Waals surface area (Å²) in [4.78, 5) is 2.96. The fourth-order valence-electron chi connectivity index (χ4n) is 4.44. The van der Waals surface area contributed by atoms with E-state index in [2.05, 4.69) is 17.1 Å². The number of nitrogens with one attached hydrogen (secondary N) is 1. The number of para-hydroxylation sites is 1. The fourth-order valence-corrected chi connectivity index (χ4v) is 4.44. The van der Waals surface area contributed by atoms with Gasteiger partial charge in [-0.3, -0.25) is 5.73 Å². The van der Waals surface area contributed by atoms with E-state index >= 15 is 0 Å². The van der Waals surface area contributed by atoms with Crippen LogP contribution in [-0.4, -0.2) is 31.1 Å². The van der Waals surface area contributed by atoms with E-state index in [9.17, 15) is 10.5 Å². The quantitative estimate of drug-likeness (QED) is 0.784. The van der Waals surface area contributed by atoms with Gasteiger partial charge in [-0.15, -0.1) is 0 Å². The van der Waals surface area contributed by atoms with Crippen molar-refractivity contribution < 1.29 is 19.2 Å². The summed E-state index contributed by atoms with van der Waals surface area (Å²) in [5, 5.41) is 20.1. The maximum atomic E-state index is 10.1. The highest BCUT2D eigenvalue weighted by molar-refractivity contribution is 5.95. The van der Waals surface area contributed by atoms with Crippen molar-refractivity contribution in [2.24, 2.45) is 16.6 Å². The summed E-state index contributed by atoms with van der Waals surface area (Å²) in [5.41, 5.74) is 4.49. The van der Waals surface area contributed by atoms with E-state index in [0.29, 0.717) is 19.0 Å². The number of nitrogens with zero attached hydrogens (tertiary/aromatic N) is 2. The molecule has 0 aromatic heterocycles. The van der Waals surface area contributed by atoms with Crippen molar-refractivity contribution in [1.82, 2.24) is 0 Å². The van der Waals surface area contributed by atoms with E-state index in [1.165, 1.54) is 0 Å². The zero-order valence-electron chi connectivity index (χ0n) is 14.1. The number of rotatable bonds is 3. The first kappa shape index (κ1) is 15.9. The lowest BCUT2D eigenvalue weighted by molar-refractivity contribution is -0.677. The third-order valence-electron chi connectivity index (χ3n) is 5.42. The van der Waals surface area contributed by atoms with E-state index in [-0.39, 0.29) is 11.9 Å². The SMILES string of the molecule is CCOc1ccccc1[C@@H]1[C@@]2(C#N)[C@@]3([NH+]=C(N)[C@@]12C#N)OC[C@H](C)O3. The van der Waals surface area contributed by atoms with Crippen LogP contribution < -0.4 is 15.5 Å². The highest BCUT2D eigenvalue weighted by Gasteiger charge is 2.98. The minimum absolute atomic E-state index is 0.205. The van der Waals surface area contributed by atoms with Crippen LogP contribution in [0.5, 0.6) is 5.75 Å². The molecule has 1 saturated carbocycles. The molecule has 128 valence electrons. The Balaban J connectivity index is 1.91. The maximum absolute atomic E-state index is 10.1. The first-order valence-electron chi connectivity index (χ1n) is 8.30. The molecule has 3 N–H and O–H groups in total. The van der Waals surface area contributed by atoms with Gasteiger partial charge in [0, 0.05) is 5.56 Å². The number of ether oxygens (including phenoxy) is 3. The lowest BCUT2D eigenvalue weighted by atomic mass is 9.93. The molecule has 5 atom stereocenters. The van der Waals surface area contributed by atoms with Gasteiger partial charge in [-0.1, -0.05) is 18.2 Å². The molecule has 1 aliphatic carbocycles. The Hall–Kier alpha value is -2.61. The summed E-state index contributed by atoms with van der Waals surface area (Å²) in [6.07, 6.45) is -0.205. The summed E-state index contributed by atoms with van der Waals surface area (Å²) in [6.45, 7) is 4.55. The standard InChI is InChI=1S/C18H18N4O3/c1-3-23-13-7-5-4-6-12(13)14-16(9-19)15(21)22-18(17(14,16)10-20)24-8-11(2)25-18/h4-7,11,14H,3,8H2,1-2H3,(H2,21,22)/p+1/t11-,14-,16+,17+,18+/m0/s1. The normalized spacial score (nSPS) is 40.9. The first-order chi connectivity index (χ1) is 12.0. The molecule has 3 aliphatic rings. The number of hydrogen-bond acceptors (Lipinski definition) is 6. The molecule has 25 heavy (non-hydrogen) atoms. The molecule has 1 aromatic rings. The molecule has 0 amide bonds. The van der Waals surface area contributed by atoms with Crippen molar-refractivity contribution in [2.75, 3.05) is 13.2 Å². The van der Waals surface area contributed by atoms with E-state index < -0.39 is 22.7 Å². The smallest absolute Gasteiger partial charge is 0.343 e. The minimum atomic E-state index is -1.41. The Labute approximate surface area is 145 Å². The Bertz CT molecular complexity index is 857. The van der Waals surface area contributed by atoms with Crippen LogP contribution in [0.4, 0.5) is 0 Å². The van der Waals surface area contributed by atoms with Gasteiger partial charge in [0.1, 0.15) is 5.75 Å². The summed E-state index contributed by atoms with van der Waals surface area (Å²) in [7, 11) is 0. The summed E-state index contributed by atoms with van der Waals surface area (Å²) >= 11 is 0. The Morgan fingerprint density at radius 1 is 1.36 bits per heavy atom. The van der Waals surface area contributed by atoms with E-state index in [4.69, 9.17) is 19.9 Å². The number of hydrogen-bond donors (Lipinski definition) is 2. The van der Waals surface area contributed by atoms with Crippen LogP contribution in [0.25, 0.3) is 0 Å². The average Bonchev–Trinajstić information content (AvgIpc) is 2.99. The second kappa shape index (κ2) is 4.95. The highest BCUT2D eigenvalue weighted by Crippen LogP contribution is 2.79. The zero-order chi connectivity index (χ0) is 17.9.